The van der Waals surface area contributed by atoms with Gasteiger partial charge in [0.2, 0.25) is 6.43 Å². The largest absolute Gasteiger partial charge is 0.394 e. The van der Waals surface area contributed by atoms with E-state index in [1.165, 1.54) is 41.0 Å². The van der Waals surface area contributed by atoms with Crippen LogP contribution >= 0.6 is 11.6 Å². The maximum atomic E-state index is 14.5. The fourth-order valence-electron chi connectivity index (χ4n) is 4.70. The van der Waals surface area contributed by atoms with Crippen LogP contribution in [-0.2, 0) is 21.4 Å². The van der Waals surface area contributed by atoms with Crippen LogP contribution in [0.4, 0.5) is 17.6 Å². The number of methoxy groups -OCH3 is 1. The SMILES string of the molecule is CO[C@@H]1[C@@H](n2cc(-c3ccc(Cl)c(F)c3F)nn2)[C@@H](O)[C@@H](CO)O[C@@H]1Cn1cc(C2(C(F)F)CC2)nn1. The molecule has 5 atom stereocenters. The monoisotopic (exact) mass is 546 g/mol. The van der Waals surface area contributed by atoms with Crippen molar-refractivity contribution in [2.24, 2.45) is 0 Å². The fraction of sp³-hybridized carbons (Fsp3) is 0.545. The lowest BCUT2D eigenvalue weighted by Gasteiger charge is -2.43. The van der Waals surface area contributed by atoms with Gasteiger partial charge in [-0.05, 0) is 25.0 Å². The van der Waals surface area contributed by atoms with Gasteiger partial charge in [-0.2, -0.15) is 0 Å². The topological polar surface area (TPSA) is 120 Å². The number of ether oxygens (including phenoxy) is 2. The molecule has 200 valence electrons. The normalized spacial score (nSPS) is 27.1. The Morgan fingerprint density at radius 2 is 1.92 bits per heavy atom. The summed E-state index contributed by atoms with van der Waals surface area (Å²) in [6.07, 6.45) is -3.32. The van der Waals surface area contributed by atoms with Crippen LogP contribution in [0, 0.1) is 11.6 Å². The van der Waals surface area contributed by atoms with Crippen LogP contribution in [0.2, 0.25) is 5.02 Å². The average molecular weight is 547 g/mol. The quantitative estimate of drug-likeness (QED) is 0.326. The van der Waals surface area contributed by atoms with Gasteiger partial charge in [-0.3, -0.25) is 0 Å². The third-order valence-corrected chi connectivity index (χ3v) is 7.28. The molecular formula is C22H23ClF4N6O4. The molecule has 1 aromatic carbocycles. The van der Waals surface area contributed by atoms with Crippen LogP contribution in [-0.4, -0.2) is 84.8 Å². The molecular weight excluding hydrogens is 524 g/mol. The van der Waals surface area contributed by atoms with Gasteiger partial charge in [0.15, 0.2) is 11.6 Å². The summed E-state index contributed by atoms with van der Waals surface area (Å²) in [4.78, 5) is 0. The molecule has 37 heavy (non-hydrogen) atoms. The Bertz CT molecular complexity index is 1270. The predicted molar refractivity (Wildman–Crippen MR) is 119 cm³/mol. The molecule has 1 saturated carbocycles. The van der Waals surface area contributed by atoms with Crippen molar-refractivity contribution < 1.29 is 37.2 Å². The van der Waals surface area contributed by atoms with Crippen molar-refractivity contribution in [2.75, 3.05) is 13.7 Å². The van der Waals surface area contributed by atoms with Crippen molar-refractivity contribution in [1.82, 2.24) is 30.0 Å². The van der Waals surface area contributed by atoms with Crippen LogP contribution in [0.1, 0.15) is 24.6 Å². The first kappa shape index (κ1) is 26.0. The minimum Gasteiger partial charge on any atom is -0.394 e. The minimum absolute atomic E-state index is 0.00310. The van der Waals surface area contributed by atoms with E-state index in [2.05, 4.69) is 20.6 Å². The molecule has 2 N–H and O–H groups in total. The lowest BCUT2D eigenvalue weighted by molar-refractivity contribution is -0.216. The lowest BCUT2D eigenvalue weighted by atomic mass is 9.92. The highest BCUT2D eigenvalue weighted by molar-refractivity contribution is 6.30. The Kier molecular flexibility index (Phi) is 6.96. The highest BCUT2D eigenvalue weighted by atomic mass is 35.5. The molecule has 5 rings (SSSR count). The van der Waals surface area contributed by atoms with Crippen LogP contribution in [0.3, 0.4) is 0 Å². The summed E-state index contributed by atoms with van der Waals surface area (Å²) in [5, 5.41) is 36.1. The van der Waals surface area contributed by atoms with E-state index < -0.39 is 60.5 Å². The molecule has 3 heterocycles. The van der Waals surface area contributed by atoms with Crippen LogP contribution in [0.15, 0.2) is 24.5 Å². The van der Waals surface area contributed by atoms with E-state index in [1.54, 1.807) is 0 Å². The molecule has 1 saturated heterocycles. The maximum absolute atomic E-state index is 14.5. The zero-order valence-corrected chi connectivity index (χ0v) is 20.1. The highest BCUT2D eigenvalue weighted by Crippen LogP contribution is 2.51. The molecule has 3 aromatic rings. The van der Waals surface area contributed by atoms with Gasteiger partial charge in [-0.25, -0.2) is 26.9 Å². The summed E-state index contributed by atoms with van der Waals surface area (Å²) in [6.45, 7) is -0.552. The number of hydrogen-bond acceptors (Lipinski definition) is 8. The van der Waals surface area contributed by atoms with E-state index in [1.807, 2.05) is 0 Å². The highest BCUT2D eigenvalue weighted by Gasteiger charge is 2.55. The van der Waals surface area contributed by atoms with E-state index in [0.29, 0.717) is 12.8 Å². The van der Waals surface area contributed by atoms with Crippen molar-refractivity contribution in [3.63, 3.8) is 0 Å². The number of nitrogens with zero attached hydrogens (tertiary/aromatic N) is 6. The molecule has 0 amide bonds. The molecule has 1 aliphatic heterocycles. The summed E-state index contributed by atoms with van der Waals surface area (Å²) in [5.41, 5.74) is -1.32. The number of aromatic nitrogens is 6. The number of aliphatic hydroxyl groups excluding tert-OH is 2. The Morgan fingerprint density at radius 1 is 1.16 bits per heavy atom. The van der Waals surface area contributed by atoms with Gasteiger partial charge in [0.05, 0.1) is 35.5 Å². The standard InChI is InChI=1S/C22H23ClF4N6O4/c1-36-20-13(7-32-8-15(29-30-32)22(4-5-22)21(26)27)37-14(9-34)19(35)18(20)33-6-12(28-31-33)10-2-3-11(23)17(25)16(10)24/h2-3,6,8,13-14,18-21,34-35H,4-5,7,9H2,1H3/t13-,14-,18+,19+,20+/m1/s1. The first-order valence-corrected chi connectivity index (χ1v) is 11.8. The zero-order valence-electron chi connectivity index (χ0n) is 19.4. The van der Waals surface area contributed by atoms with Crippen molar-refractivity contribution in [3.8, 4) is 11.3 Å². The Balaban J connectivity index is 1.43. The number of aliphatic hydroxyl groups is 2. The van der Waals surface area contributed by atoms with Gasteiger partial charge >= 0.3 is 0 Å². The van der Waals surface area contributed by atoms with E-state index in [9.17, 15) is 27.8 Å². The molecule has 0 bridgehead atoms. The number of hydrogen-bond donors (Lipinski definition) is 2. The molecule has 2 aliphatic rings. The first-order valence-electron chi connectivity index (χ1n) is 11.4. The second-order valence-corrected chi connectivity index (χ2v) is 9.57. The van der Waals surface area contributed by atoms with E-state index >= 15 is 0 Å². The molecule has 2 aromatic heterocycles. The van der Waals surface area contributed by atoms with E-state index in [0.717, 1.165) is 0 Å². The maximum Gasteiger partial charge on any atom is 0.249 e. The summed E-state index contributed by atoms with van der Waals surface area (Å²) >= 11 is 5.63. The minimum atomic E-state index is -2.56. The second kappa shape index (κ2) is 9.91. The molecule has 0 unspecified atom stereocenters. The molecule has 0 radical (unpaired) electrons. The summed E-state index contributed by atoms with van der Waals surface area (Å²) in [5.74, 6) is -2.44. The summed E-state index contributed by atoms with van der Waals surface area (Å²) in [7, 11) is 1.37. The number of alkyl halides is 2. The van der Waals surface area contributed by atoms with Crippen molar-refractivity contribution in [1.29, 1.82) is 0 Å². The molecule has 10 nitrogen and oxygen atoms in total. The van der Waals surface area contributed by atoms with Crippen LogP contribution in [0.5, 0.6) is 0 Å². The smallest absolute Gasteiger partial charge is 0.249 e. The molecule has 2 fully saturated rings. The van der Waals surface area contributed by atoms with Crippen LogP contribution in [0.25, 0.3) is 11.3 Å². The number of halogens is 5. The second-order valence-electron chi connectivity index (χ2n) is 9.17. The van der Waals surface area contributed by atoms with Gasteiger partial charge < -0.3 is 19.7 Å². The Labute approximate surface area is 212 Å². The average Bonchev–Trinajstić information content (AvgIpc) is 3.33. The van der Waals surface area contributed by atoms with Crippen molar-refractivity contribution in [2.45, 2.75) is 61.7 Å². The van der Waals surface area contributed by atoms with Gasteiger partial charge in [0.1, 0.15) is 36.2 Å². The van der Waals surface area contributed by atoms with Crippen LogP contribution < -0.4 is 0 Å². The van der Waals surface area contributed by atoms with Gasteiger partial charge in [0, 0.05) is 18.9 Å². The third kappa shape index (κ3) is 4.50. The van der Waals surface area contributed by atoms with Crippen molar-refractivity contribution in [3.05, 3.63) is 46.9 Å². The van der Waals surface area contributed by atoms with E-state index in [-0.39, 0.29) is 28.5 Å². The fourth-order valence-corrected chi connectivity index (χ4v) is 4.85. The van der Waals surface area contributed by atoms with E-state index in [4.69, 9.17) is 21.1 Å². The summed E-state index contributed by atoms with van der Waals surface area (Å²) < 4.78 is 69.4. The van der Waals surface area contributed by atoms with Gasteiger partial charge in [0.25, 0.3) is 0 Å². The molecule has 0 spiro atoms. The lowest BCUT2D eigenvalue weighted by Crippen LogP contribution is -2.57. The third-order valence-electron chi connectivity index (χ3n) is 6.98. The zero-order chi connectivity index (χ0) is 26.5. The number of benzene rings is 1. The first-order chi connectivity index (χ1) is 17.7. The van der Waals surface area contributed by atoms with Gasteiger partial charge in [-0.15, -0.1) is 10.2 Å². The Hall–Kier alpha value is -2.65. The molecule has 1 aliphatic carbocycles. The predicted octanol–water partition coefficient (Wildman–Crippen LogP) is 2.14. The Morgan fingerprint density at radius 3 is 2.57 bits per heavy atom. The summed E-state index contributed by atoms with van der Waals surface area (Å²) in [6, 6.07) is 1.46. The number of rotatable bonds is 8. The van der Waals surface area contributed by atoms with Gasteiger partial charge in [-0.1, -0.05) is 22.0 Å². The van der Waals surface area contributed by atoms with Crippen molar-refractivity contribution >= 4 is 11.6 Å². The molecule has 15 heteroatoms.